The Balaban J connectivity index is 1.13. The SMILES string of the molecule is CC(=N)OC(=N)c1cc2c(OCCCN3CCC(n4c(=O)[nH]c5ccccc54)CC3)cccc2o1. The summed E-state index contributed by atoms with van der Waals surface area (Å²) < 4.78 is 18.7. The van der Waals surface area contributed by atoms with Crippen LogP contribution in [0.5, 0.6) is 5.75 Å². The zero-order chi connectivity index (χ0) is 24.4. The third kappa shape index (κ3) is 4.85. The Labute approximate surface area is 202 Å². The number of fused-ring (bicyclic) bond motifs is 2. The minimum atomic E-state index is -0.196. The minimum absolute atomic E-state index is 0.0238. The summed E-state index contributed by atoms with van der Waals surface area (Å²) in [5, 5.41) is 16.1. The molecule has 0 atom stereocenters. The number of imidazole rings is 1. The maximum absolute atomic E-state index is 12.5. The van der Waals surface area contributed by atoms with Gasteiger partial charge in [0.1, 0.15) is 11.3 Å². The van der Waals surface area contributed by atoms with Gasteiger partial charge in [0.25, 0.3) is 5.90 Å². The van der Waals surface area contributed by atoms with E-state index >= 15 is 0 Å². The summed E-state index contributed by atoms with van der Waals surface area (Å²) in [5.41, 5.74) is 2.47. The first-order chi connectivity index (χ1) is 17.0. The lowest BCUT2D eigenvalue weighted by Gasteiger charge is -2.32. The molecule has 0 unspecified atom stereocenters. The van der Waals surface area contributed by atoms with Gasteiger partial charge >= 0.3 is 5.69 Å². The molecule has 0 aliphatic carbocycles. The zero-order valence-electron chi connectivity index (χ0n) is 19.7. The van der Waals surface area contributed by atoms with Crippen LogP contribution in [-0.2, 0) is 4.74 Å². The summed E-state index contributed by atoms with van der Waals surface area (Å²) in [6.07, 6.45) is 2.77. The molecule has 3 heterocycles. The third-order valence-electron chi connectivity index (χ3n) is 6.42. The molecule has 182 valence electrons. The molecule has 9 heteroatoms. The highest BCUT2D eigenvalue weighted by molar-refractivity contribution is 6.00. The largest absolute Gasteiger partial charge is 0.493 e. The van der Waals surface area contributed by atoms with E-state index in [9.17, 15) is 4.79 Å². The fourth-order valence-electron chi connectivity index (χ4n) is 4.78. The second-order valence-electron chi connectivity index (χ2n) is 8.86. The van der Waals surface area contributed by atoms with Crippen molar-refractivity contribution < 1.29 is 13.9 Å². The van der Waals surface area contributed by atoms with Crippen molar-refractivity contribution in [2.75, 3.05) is 26.2 Å². The van der Waals surface area contributed by atoms with Crippen LogP contribution in [0.2, 0.25) is 0 Å². The Morgan fingerprint density at radius 1 is 1.14 bits per heavy atom. The van der Waals surface area contributed by atoms with Crippen LogP contribution in [0.15, 0.2) is 57.7 Å². The van der Waals surface area contributed by atoms with E-state index in [1.807, 2.05) is 47.0 Å². The Kier molecular flexibility index (Phi) is 6.41. The lowest BCUT2D eigenvalue weighted by Crippen LogP contribution is -2.37. The van der Waals surface area contributed by atoms with Gasteiger partial charge in [-0.3, -0.25) is 15.4 Å². The summed E-state index contributed by atoms with van der Waals surface area (Å²) in [6.45, 7) is 4.86. The number of nitrogens with zero attached hydrogens (tertiary/aromatic N) is 2. The number of hydrogen-bond acceptors (Lipinski definition) is 7. The van der Waals surface area contributed by atoms with Crippen molar-refractivity contribution in [3.05, 3.63) is 64.8 Å². The number of para-hydroxylation sites is 2. The molecule has 4 aromatic rings. The number of nitrogens with one attached hydrogen (secondary N) is 3. The van der Waals surface area contributed by atoms with Gasteiger partial charge in [-0.25, -0.2) is 4.79 Å². The van der Waals surface area contributed by atoms with Crippen molar-refractivity contribution >= 4 is 33.8 Å². The molecule has 0 amide bonds. The van der Waals surface area contributed by atoms with Gasteiger partial charge in [-0.2, -0.15) is 0 Å². The molecular weight excluding hydrogens is 446 g/mol. The van der Waals surface area contributed by atoms with Gasteiger partial charge in [0, 0.05) is 38.7 Å². The molecule has 2 aromatic carbocycles. The molecule has 1 fully saturated rings. The molecule has 9 nitrogen and oxygen atoms in total. The van der Waals surface area contributed by atoms with Gasteiger partial charge in [-0.05, 0) is 43.5 Å². The van der Waals surface area contributed by atoms with Crippen molar-refractivity contribution in [2.24, 2.45) is 0 Å². The van der Waals surface area contributed by atoms with E-state index < -0.39 is 0 Å². The average molecular weight is 476 g/mol. The van der Waals surface area contributed by atoms with Gasteiger partial charge in [-0.1, -0.05) is 18.2 Å². The quantitative estimate of drug-likeness (QED) is 0.206. The fourth-order valence-corrected chi connectivity index (χ4v) is 4.78. The monoisotopic (exact) mass is 475 g/mol. The highest BCUT2D eigenvalue weighted by Gasteiger charge is 2.23. The van der Waals surface area contributed by atoms with E-state index in [2.05, 4.69) is 9.88 Å². The highest BCUT2D eigenvalue weighted by Crippen LogP contribution is 2.29. The zero-order valence-corrected chi connectivity index (χ0v) is 19.7. The Morgan fingerprint density at radius 3 is 2.74 bits per heavy atom. The number of ether oxygens (including phenoxy) is 2. The van der Waals surface area contributed by atoms with Gasteiger partial charge in [0.15, 0.2) is 11.7 Å². The van der Waals surface area contributed by atoms with Gasteiger partial charge < -0.3 is 23.8 Å². The molecule has 2 aromatic heterocycles. The number of aromatic nitrogens is 2. The second kappa shape index (κ2) is 9.79. The van der Waals surface area contributed by atoms with Crippen LogP contribution in [-0.4, -0.2) is 52.5 Å². The van der Waals surface area contributed by atoms with Gasteiger partial charge in [0.2, 0.25) is 0 Å². The maximum atomic E-state index is 12.5. The maximum Gasteiger partial charge on any atom is 0.326 e. The molecule has 0 saturated carbocycles. The first-order valence-electron chi connectivity index (χ1n) is 11.9. The lowest BCUT2D eigenvalue weighted by atomic mass is 10.0. The molecule has 35 heavy (non-hydrogen) atoms. The first-order valence-corrected chi connectivity index (χ1v) is 11.9. The molecule has 1 aliphatic rings. The van der Waals surface area contributed by atoms with E-state index in [1.54, 1.807) is 6.07 Å². The Hall–Kier alpha value is -3.85. The number of H-pyrrole nitrogens is 1. The highest BCUT2D eigenvalue weighted by atomic mass is 16.5. The average Bonchev–Trinajstić information content (AvgIpc) is 3.43. The number of benzene rings is 2. The minimum Gasteiger partial charge on any atom is -0.493 e. The third-order valence-corrected chi connectivity index (χ3v) is 6.42. The number of rotatable bonds is 7. The van der Waals surface area contributed by atoms with Crippen molar-refractivity contribution in [1.29, 1.82) is 10.8 Å². The van der Waals surface area contributed by atoms with Gasteiger partial charge in [-0.15, -0.1) is 0 Å². The summed E-state index contributed by atoms with van der Waals surface area (Å²) in [5.74, 6) is 0.705. The van der Waals surface area contributed by atoms with Crippen molar-refractivity contribution in [1.82, 2.24) is 14.5 Å². The number of piperidine rings is 1. The van der Waals surface area contributed by atoms with E-state index in [4.69, 9.17) is 24.7 Å². The number of hydrogen-bond donors (Lipinski definition) is 3. The molecule has 0 spiro atoms. The molecule has 1 saturated heterocycles. The smallest absolute Gasteiger partial charge is 0.326 e. The summed E-state index contributed by atoms with van der Waals surface area (Å²) >= 11 is 0. The molecular formula is C26H29N5O4. The standard InChI is InChI=1S/C26H29N5O4/c1-17(27)34-25(28)24-16-19-22(8-4-9-23(19)35-24)33-15-5-12-30-13-10-18(11-14-30)31-21-7-3-2-6-20(21)29-26(31)32/h2-4,6-9,16,18,27-28H,5,10-15H2,1H3,(H,29,32). The van der Waals surface area contributed by atoms with Crippen molar-refractivity contribution in [3.63, 3.8) is 0 Å². The number of aromatic amines is 1. The van der Waals surface area contributed by atoms with E-state index in [0.717, 1.165) is 55.3 Å². The summed E-state index contributed by atoms with van der Waals surface area (Å²) in [6, 6.07) is 15.4. The second-order valence-corrected chi connectivity index (χ2v) is 8.86. The van der Waals surface area contributed by atoms with Crippen LogP contribution in [0.4, 0.5) is 0 Å². The summed E-state index contributed by atoms with van der Waals surface area (Å²) in [4.78, 5) is 17.9. The first kappa shape index (κ1) is 22.9. The molecule has 0 radical (unpaired) electrons. The topological polar surface area (TPSA) is 120 Å². The van der Waals surface area contributed by atoms with Crippen LogP contribution in [0.3, 0.4) is 0 Å². The van der Waals surface area contributed by atoms with Crippen LogP contribution in [0.25, 0.3) is 22.0 Å². The number of likely N-dealkylation sites (tertiary alicyclic amines) is 1. The van der Waals surface area contributed by atoms with E-state index in [-0.39, 0.29) is 29.3 Å². The predicted molar refractivity (Wildman–Crippen MR) is 135 cm³/mol. The van der Waals surface area contributed by atoms with Crippen LogP contribution in [0, 0.1) is 10.8 Å². The summed E-state index contributed by atoms with van der Waals surface area (Å²) in [7, 11) is 0. The van der Waals surface area contributed by atoms with Gasteiger partial charge in [0.05, 0.1) is 23.0 Å². The molecule has 5 rings (SSSR count). The van der Waals surface area contributed by atoms with Crippen molar-refractivity contribution in [2.45, 2.75) is 32.2 Å². The Bertz CT molecular complexity index is 1420. The normalized spacial score (nSPS) is 15.0. The number of furan rings is 1. The van der Waals surface area contributed by atoms with Crippen LogP contribution < -0.4 is 10.4 Å². The fraction of sp³-hybridized carbons (Fsp3) is 0.346. The van der Waals surface area contributed by atoms with Crippen molar-refractivity contribution in [3.8, 4) is 5.75 Å². The molecule has 3 N–H and O–H groups in total. The van der Waals surface area contributed by atoms with Crippen LogP contribution >= 0.6 is 0 Å². The van der Waals surface area contributed by atoms with Crippen LogP contribution in [0.1, 0.15) is 38.0 Å². The lowest BCUT2D eigenvalue weighted by molar-refractivity contribution is 0.173. The molecule has 1 aliphatic heterocycles. The Morgan fingerprint density at radius 2 is 1.94 bits per heavy atom. The molecule has 0 bridgehead atoms. The predicted octanol–water partition coefficient (Wildman–Crippen LogP) is 4.52. The van der Waals surface area contributed by atoms with E-state index in [1.165, 1.54) is 6.92 Å². The van der Waals surface area contributed by atoms with E-state index in [0.29, 0.717) is 17.9 Å².